The van der Waals surface area contributed by atoms with Crippen molar-refractivity contribution in [1.29, 1.82) is 0 Å². The number of carbonyl (C=O) groups excluding carboxylic acids is 1. The van der Waals surface area contributed by atoms with Crippen LogP contribution in [0.1, 0.15) is 37.0 Å². The molecule has 0 bridgehead atoms. The predicted octanol–water partition coefficient (Wildman–Crippen LogP) is 5.85. The lowest BCUT2D eigenvalue weighted by Gasteiger charge is -2.34. The van der Waals surface area contributed by atoms with Gasteiger partial charge in [-0.25, -0.2) is 4.39 Å². The second-order valence-electron chi connectivity index (χ2n) is 8.43. The second kappa shape index (κ2) is 6.89. The Hall–Kier alpha value is -3.24. The molecule has 5 rings (SSSR count). The molecule has 2 atom stereocenters. The largest absolute Gasteiger partial charge is 0.461 e. The third kappa shape index (κ3) is 2.86. The van der Waals surface area contributed by atoms with Crippen LogP contribution in [0.4, 0.5) is 4.39 Å². The normalized spacial score (nSPS) is 26.1. The Bertz CT molecular complexity index is 1110. The molecule has 0 aliphatic carbocycles. The molecule has 3 nitrogen and oxygen atoms in total. The van der Waals surface area contributed by atoms with Gasteiger partial charge in [-0.1, -0.05) is 60.7 Å². The number of benzene rings is 3. The summed E-state index contributed by atoms with van der Waals surface area (Å²) >= 11 is 0. The average molecular weight is 414 g/mol. The summed E-state index contributed by atoms with van der Waals surface area (Å²) in [5.74, 6) is -1.01. The predicted molar refractivity (Wildman–Crippen MR) is 116 cm³/mol. The van der Waals surface area contributed by atoms with Crippen LogP contribution in [0.2, 0.25) is 0 Å². The van der Waals surface area contributed by atoms with E-state index in [-0.39, 0.29) is 11.6 Å². The summed E-state index contributed by atoms with van der Waals surface area (Å²) in [5, 5.41) is 0. The molecule has 2 aliphatic rings. The molecule has 156 valence electrons. The summed E-state index contributed by atoms with van der Waals surface area (Å²) in [6.07, 6.45) is 2.28. The maximum Gasteiger partial charge on any atom is 0.225 e. The monoisotopic (exact) mass is 414 g/mol. The van der Waals surface area contributed by atoms with Gasteiger partial charge in [-0.3, -0.25) is 4.79 Å². The Morgan fingerprint density at radius 1 is 0.871 bits per heavy atom. The van der Waals surface area contributed by atoms with Gasteiger partial charge in [-0.2, -0.15) is 0 Å². The number of Topliss-reactive ketones (excluding diaryl/α,β-unsaturated/α-hetero) is 1. The SMILES string of the molecule is CC(=O)[C@]12C=C(c3ccc(F)cc3)O[C@@]1(C)OC(c1ccccc1)(c1ccccc1)C2. The molecule has 3 aromatic rings. The lowest BCUT2D eigenvalue weighted by Crippen LogP contribution is -2.44. The van der Waals surface area contributed by atoms with Crippen molar-refractivity contribution in [3.63, 3.8) is 0 Å². The number of fused-ring (bicyclic) bond motifs is 1. The molecular formula is C27H23FO3. The van der Waals surface area contributed by atoms with Gasteiger partial charge >= 0.3 is 0 Å². The first-order valence-corrected chi connectivity index (χ1v) is 10.4. The van der Waals surface area contributed by atoms with E-state index in [9.17, 15) is 9.18 Å². The minimum atomic E-state index is -1.20. The van der Waals surface area contributed by atoms with Gasteiger partial charge in [0.1, 0.15) is 28.4 Å². The first-order valence-electron chi connectivity index (χ1n) is 10.4. The Labute approximate surface area is 181 Å². The molecule has 0 amide bonds. The van der Waals surface area contributed by atoms with Gasteiger partial charge in [0.15, 0.2) is 0 Å². The van der Waals surface area contributed by atoms with Crippen LogP contribution < -0.4 is 0 Å². The third-order valence-corrected chi connectivity index (χ3v) is 6.63. The maximum absolute atomic E-state index is 13.4. The van der Waals surface area contributed by atoms with E-state index in [1.165, 1.54) is 12.1 Å². The van der Waals surface area contributed by atoms with Crippen molar-refractivity contribution in [2.24, 2.45) is 5.41 Å². The Balaban J connectivity index is 1.68. The first-order chi connectivity index (χ1) is 14.9. The number of rotatable bonds is 4. The van der Waals surface area contributed by atoms with Crippen molar-refractivity contribution in [2.45, 2.75) is 31.7 Å². The van der Waals surface area contributed by atoms with Crippen LogP contribution in [0.3, 0.4) is 0 Å². The highest BCUT2D eigenvalue weighted by Crippen LogP contribution is 2.63. The number of halogens is 1. The Morgan fingerprint density at radius 3 is 1.90 bits per heavy atom. The van der Waals surface area contributed by atoms with Gasteiger partial charge in [-0.15, -0.1) is 0 Å². The molecule has 0 radical (unpaired) electrons. The molecule has 0 unspecified atom stereocenters. The number of carbonyl (C=O) groups is 1. The molecule has 4 heteroatoms. The van der Waals surface area contributed by atoms with Crippen LogP contribution >= 0.6 is 0 Å². The smallest absolute Gasteiger partial charge is 0.225 e. The lowest BCUT2D eigenvalue weighted by atomic mass is 9.70. The standard InChI is InChI=1S/C27H23FO3/c1-19(29)26-17-24(20-13-15-23(28)16-14-20)30-25(26,2)31-27(18-26,21-9-5-3-6-10-21)22-11-7-4-8-12-22/h3-17H,18H2,1-2H3/t25-,26+/m0/s1. The lowest BCUT2D eigenvalue weighted by molar-refractivity contribution is -0.218. The van der Waals surface area contributed by atoms with Crippen molar-refractivity contribution < 1.29 is 18.7 Å². The van der Waals surface area contributed by atoms with E-state index in [2.05, 4.69) is 0 Å². The average Bonchev–Trinajstić information content (AvgIpc) is 3.22. The van der Waals surface area contributed by atoms with Gasteiger partial charge in [0.05, 0.1) is 0 Å². The second-order valence-corrected chi connectivity index (χ2v) is 8.43. The Morgan fingerprint density at radius 2 is 1.42 bits per heavy atom. The van der Waals surface area contributed by atoms with Gasteiger partial charge in [-0.05, 0) is 48.4 Å². The number of hydrogen-bond donors (Lipinski definition) is 0. The van der Waals surface area contributed by atoms with Crippen molar-refractivity contribution in [3.05, 3.63) is 114 Å². The zero-order valence-electron chi connectivity index (χ0n) is 17.5. The third-order valence-electron chi connectivity index (χ3n) is 6.63. The van der Waals surface area contributed by atoms with Gasteiger partial charge in [0.25, 0.3) is 0 Å². The van der Waals surface area contributed by atoms with E-state index >= 15 is 0 Å². The van der Waals surface area contributed by atoms with Gasteiger partial charge in [0.2, 0.25) is 5.79 Å². The molecule has 1 saturated heterocycles. The van der Waals surface area contributed by atoms with Crippen LogP contribution in [0.25, 0.3) is 5.76 Å². The molecule has 2 heterocycles. The van der Waals surface area contributed by atoms with Crippen molar-refractivity contribution in [2.75, 3.05) is 0 Å². The fraction of sp³-hybridized carbons (Fsp3) is 0.222. The minimum absolute atomic E-state index is 0.0270. The molecule has 0 spiro atoms. The van der Waals surface area contributed by atoms with Crippen LogP contribution in [0.15, 0.2) is 91.0 Å². The molecular weight excluding hydrogens is 391 g/mol. The molecule has 0 N–H and O–H groups in total. The first kappa shape index (κ1) is 19.7. The van der Waals surface area contributed by atoms with Gasteiger partial charge < -0.3 is 9.47 Å². The van der Waals surface area contributed by atoms with Crippen LogP contribution in [-0.2, 0) is 19.9 Å². The molecule has 31 heavy (non-hydrogen) atoms. The van der Waals surface area contributed by atoms with E-state index in [4.69, 9.17) is 9.47 Å². The number of ether oxygens (including phenoxy) is 2. The van der Waals surface area contributed by atoms with Crippen LogP contribution in [0, 0.1) is 11.2 Å². The zero-order chi connectivity index (χ0) is 21.7. The summed E-state index contributed by atoms with van der Waals surface area (Å²) in [7, 11) is 0. The van der Waals surface area contributed by atoms with E-state index in [1.54, 1.807) is 19.1 Å². The maximum atomic E-state index is 13.4. The Kier molecular flexibility index (Phi) is 4.38. The molecule has 2 aliphatic heterocycles. The zero-order valence-corrected chi connectivity index (χ0v) is 17.5. The highest BCUT2D eigenvalue weighted by molar-refractivity contribution is 5.90. The number of ketones is 1. The van der Waals surface area contributed by atoms with Gasteiger partial charge in [0, 0.05) is 18.9 Å². The highest BCUT2D eigenvalue weighted by atomic mass is 19.1. The van der Waals surface area contributed by atoms with Crippen molar-refractivity contribution in [1.82, 2.24) is 0 Å². The fourth-order valence-corrected chi connectivity index (χ4v) is 4.98. The number of hydrogen-bond acceptors (Lipinski definition) is 3. The van der Waals surface area contributed by atoms with E-state index in [0.717, 1.165) is 11.1 Å². The summed E-state index contributed by atoms with van der Waals surface area (Å²) in [4.78, 5) is 13.2. The molecule has 1 fully saturated rings. The van der Waals surface area contributed by atoms with E-state index in [1.807, 2.05) is 73.7 Å². The van der Waals surface area contributed by atoms with E-state index < -0.39 is 16.8 Å². The minimum Gasteiger partial charge on any atom is -0.461 e. The van der Waals surface area contributed by atoms with Crippen LogP contribution in [0.5, 0.6) is 0 Å². The topological polar surface area (TPSA) is 35.5 Å². The molecule has 0 aromatic heterocycles. The van der Waals surface area contributed by atoms with E-state index in [0.29, 0.717) is 17.7 Å². The van der Waals surface area contributed by atoms with Crippen LogP contribution in [-0.4, -0.2) is 11.6 Å². The summed E-state index contributed by atoms with van der Waals surface area (Å²) in [6.45, 7) is 3.41. The molecule has 3 aromatic carbocycles. The van der Waals surface area contributed by atoms with Crippen molar-refractivity contribution >= 4 is 11.5 Å². The summed E-state index contributed by atoms with van der Waals surface area (Å²) in [6, 6.07) is 26.0. The fourth-order valence-electron chi connectivity index (χ4n) is 4.98. The summed E-state index contributed by atoms with van der Waals surface area (Å²) in [5.41, 5.74) is 0.831. The van der Waals surface area contributed by atoms with Crippen molar-refractivity contribution in [3.8, 4) is 0 Å². The quantitative estimate of drug-likeness (QED) is 0.537. The summed E-state index contributed by atoms with van der Waals surface area (Å²) < 4.78 is 26.6. The highest BCUT2D eigenvalue weighted by Gasteiger charge is 2.69. The molecule has 0 saturated carbocycles.